The molecule has 0 aromatic carbocycles. The van der Waals surface area contributed by atoms with Gasteiger partial charge < -0.3 is 78.7 Å². The minimum absolute atomic E-state index is 0.00211. The van der Waals surface area contributed by atoms with Crippen molar-refractivity contribution < 1.29 is 115 Å². The zero-order valence-corrected chi connectivity index (χ0v) is 81.6. The number of hydrogen-bond donors (Lipinski definition) is 14. The van der Waals surface area contributed by atoms with Gasteiger partial charge >= 0.3 is 42.0 Å². The number of aromatic amines is 7. The Morgan fingerprint density at radius 1 is 0.480 bits per heavy atom. The molecule has 0 bridgehead atoms. The molecule has 0 saturated carbocycles. The number of ether oxygens (including phenoxy) is 7. The molecule has 12 aromatic heterocycles. The number of nitrogens with two attached hydrogens (primary N) is 1. The van der Waals surface area contributed by atoms with Gasteiger partial charge in [-0.3, -0.25) is 73.2 Å². The summed E-state index contributed by atoms with van der Waals surface area (Å²) in [4.78, 5) is 154. The fourth-order valence-electron chi connectivity index (χ4n) is 11.2. The number of H-pyrrole nitrogens is 7. The van der Waals surface area contributed by atoms with Crippen molar-refractivity contribution in [2.45, 2.75) is 142 Å². The predicted octanol–water partition coefficient (Wildman–Crippen LogP) is 13.1. The first-order valence-electron chi connectivity index (χ1n) is 43.4. The Morgan fingerprint density at radius 2 is 0.858 bits per heavy atom. The first kappa shape index (κ1) is 116. The molecule has 0 aliphatic carbocycles. The molecule has 0 fully saturated rings. The van der Waals surface area contributed by atoms with Gasteiger partial charge in [-0.25, -0.2) is 28.8 Å². The van der Waals surface area contributed by atoms with E-state index in [0.29, 0.717) is 22.0 Å². The summed E-state index contributed by atoms with van der Waals surface area (Å²) in [6.07, 6.45) is -1.40. The summed E-state index contributed by atoms with van der Waals surface area (Å²) in [5.41, 5.74) is -5.95. The molecule has 148 heavy (non-hydrogen) atoms. The number of nitrogens with zero attached hydrogens (tertiary/aromatic N) is 24. The maximum absolute atomic E-state index is 12.6. The van der Waals surface area contributed by atoms with Crippen molar-refractivity contribution in [1.29, 1.82) is 10.5 Å². The van der Waals surface area contributed by atoms with Gasteiger partial charge in [-0.2, -0.15) is 48.7 Å². The van der Waals surface area contributed by atoms with E-state index in [0.717, 1.165) is 47.5 Å². The molecule has 59 nitrogen and oxygen atoms in total. The van der Waals surface area contributed by atoms with Crippen molar-refractivity contribution >= 4 is 105 Å². The average Bonchev–Trinajstić information content (AvgIpc) is 1.00. The number of aromatic hydroxyl groups is 6. The van der Waals surface area contributed by atoms with Crippen LogP contribution in [-0.4, -0.2) is 205 Å². The molecule has 15 N–H and O–H groups in total. The van der Waals surface area contributed by atoms with Crippen LogP contribution < -0.4 is 39.2 Å². The van der Waals surface area contributed by atoms with E-state index in [1.54, 1.807) is 76.4 Å². The van der Waals surface area contributed by atoms with Crippen LogP contribution in [0, 0.1) is 62.2 Å². The number of carbonyl (C=O) groups is 6. The van der Waals surface area contributed by atoms with Gasteiger partial charge in [0, 0.05) is 78.4 Å². The third kappa shape index (κ3) is 31.8. The molecule has 62 heteroatoms. The lowest BCUT2D eigenvalue weighted by atomic mass is 9.93. The SMILES string of the molecule is CC(C)COC(=O)c1cc(=O)[nH]c(O)c1N=Nc1cc(C(C)(C)C)on1.CC(C)COC(=O)c1cc(=O)[nH]c(O)c1N=Nc1n[nH]c(C(F)(F)F)n1.CCCn1nc(N=Nc2c(C(=O)OCC)cc(=O)[nH]c2O)cc1C.CCOC(=O)c1cn[nH]c1N=Nc1c(C(=O)OCC)cc(=O)[nH]c1O.CCOC(=O)c1cn[nH]c1N=Nc1c(C)c(C#N)c(O)n(CCOC)c1=O.Cc1cc(N=Nc2c(C)c(C#N)c(O)n(N)c2=O)no1. The number of hydrogen-bond acceptors (Lipinski definition) is 49. The molecule has 0 atom stereocenters. The zero-order chi connectivity index (χ0) is 110. The van der Waals surface area contributed by atoms with Crippen molar-refractivity contribution in [3.63, 3.8) is 0 Å². The number of aryl methyl sites for hydroxylation is 3. The van der Waals surface area contributed by atoms with Gasteiger partial charge in [-0.15, -0.1) is 66.5 Å². The summed E-state index contributed by atoms with van der Waals surface area (Å²) in [6.45, 7) is 29.9. The average molecular weight is 2070 g/mol. The number of methoxy groups -OCH3 is 1. The summed E-state index contributed by atoms with van der Waals surface area (Å²) in [5.74, 6) is -3.18. The predicted molar refractivity (Wildman–Crippen MR) is 502 cm³/mol. The molecule has 0 aliphatic heterocycles. The lowest BCUT2D eigenvalue weighted by molar-refractivity contribution is -0.144. The van der Waals surface area contributed by atoms with Gasteiger partial charge in [0.1, 0.15) is 45.9 Å². The highest BCUT2D eigenvalue weighted by Crippen LogP contribution is 2.37. The highest BCUT2D eigenvalue weighted by molar-refractivity contribution is 5.98. The smallest absolute Gasteiger partial charge is 0.451 e. The number of nitrogens with one attached hydrogen (secondary N) is 7. The Morgan fingerprint density at radius 3 is 1.24 bits per heavy atom. The van der Waals surface area contributed by atoms with Gasteiger partial charge in [0.2, 0.25) is 52.7 Å². The largest absolute Gasteiger partial charge is 0.493 e. The third-order valence-corrected chi connectivity index (χ3v) is 18.2. The van der Waals surface area contributed by atoms with Crippen LogP contribution >= 0.6 is 0 Å². The molecule has 12 rings (SSSR count). The van der Waals surface area contributed by atoms with E-state index in [9.17, 15) is 107 Å². The van der Waals surface area contributed by atoms with Crippen LogP contribution in [0.25, 0.3) is 0 Å². The highest BCUT2D eigenvalue weighted by atomic mass is 19.4. The number of aromatic nitrogens is 17. The van der Waals surface area contributed by atoms with Crippen LogP contribution in [-0.2, 0) is 57.8 Å². The third-order valence-electron chi connectivity index (χ3n) is 18.2. The molecule has 0 saturated heterocycles. The second-order valence-electron chi connectivity index (χ2n) is 31.4. The minimum Gasteiger partial charge on any atom is -0.493 e. The van der Waals surface area contributed by atoms with E-state index < -0.39 is 134 Å². The Bertz CT molecular complexity index is 7320. The first-order valence-corrected chi connectivity index (χ1v) is 43.4. The Balaban J connectivity index is 0.000000241. The molecule has 0 amide bonds. The van der Waals surface area contributed by atoms with Crippen LogP contribution in [0.5, 0.6) is 35.3 Å². The maximum Gasteiger partial charge on any atom is 0.451 e. The summed E-state index contributed by atoms with van der Waals surface area (Å²) in [5, 5.41) is 151. The summed E-state index contributed by atoms with van der Waals surface area (Å²) in [7, 11) is 1.44. The second kappa shape index (κ2) is 53.5. The van der Waals surface area contributed by atoms with Crippen molar-refractivity contribution in [2.24, 2.45) is 73.2 Å². The van der Waals surface area contributed by atoms with Crippen LogP contribution in [0.15, 0.2) is 154 Å². The number of carbonyl (C=O) groups excluding carboxylic acids is 6. The first-order chi connectivity index (χ1) is 70.0. The van der Waals surface area contributed by atoms with E-state index in [1.807, 2.05) is 59.5 Å². The zero-order valence-electron chi connectivity index (χ0n) is 81.6. The van der Waals surface area contributed by atoms with E-state index in [-0.39, 0.29) is 172 Å². The highest BCUT2D eigenvalue weighted by Gasteiger charge is 2.36. The Hall–Kier alpha value is -19.4. The summed E-state index contributed by atoms with van der Waals surface area (Å²) < 4.78 is 84.9. The lowest BCUT2D eigenvalue weighted by Crippen LogP contribution is -2.28. The van der Waals surface area contributed by atoms with Crippen LogP contribution in [0.1, 0.15) is 197 Å². The second-order valence-corrected chi connectivity index (χ2v) is 31.4. The maximum atomic E-state index is 12.6. The quantitative estimate of drug-likeness (QED) is 0.00830. The fraction of sp³-hybridized carbons (Fsp3) is 0.360. The molecule has 12 heterocycles. The number of esters is 6. The van der Waals surface area contributed by atoms with Crippen molar-refractivity contribution in [1.82, 2.24) is 84.8 Å². The number of alkyl halides is 3. The van der Waals surface area contributed by atoms with Crippen LogP contribution in [0.2, 0.25) is 0 Å². The Kier molecular flexibility index (Phi) is 41.8. The van der Waals surface area contributed by atoms with Gasteiger partial charge in [-0.05, 0) is 73.6 Å². The molecule has 0 radical (unpaired) electrons. The normalized spacial score (nSPS) is 11.3. The molecule has 0 spiro atoms. The van der Waals surface area contributed by atoms with E-state index >= 15 is 0 Å². The Labute approximate surface area is 829 Å². The fourth-order valence-corrected chi connectivity index (χ4v) is 11.2. The van der Waals surface area contributed by atoms with Gasteiger partial charge in [0.25, 0.3) is 39.3 Å². The standard InChI is InChI=1S/C17H22N4O5.C16H18N6O5.C15H19N5O4.C14H15N5O6.C13H13F3N6O4.C11H10N6O3/c1-9(2)8-25-16(24)10-6-13(22)18-15(23)14(10)20-19-12-7-11(26-21-12)17(3,4)5;1-4-27-16(25)11-8-18-20-13(11)21-19-12-9(2)10(7-17)14(23)22(15(12)24)5-6-26-3;1-4-6-20-9(3)7-11(19-20)17-18-13-10(15(23)24-5-2)8-12(21)16-14(13)22;1-3-24-13(22)7-5-9(20)16-12(21)10(7)17-19-11-8(6-15-18-11)14(23)25-4-2;1-5(2)4-26-10(25)6-3-7(23)17-9(24)8(6)19-21-12-18-11(20-22-12)13(14,15)16;1-5-3-8(16-20-5)14-15-9-6(2)7(4-12)10(18)17(13)11(9)19/h6-7,9H,8H2,1-5H3,(H2,18,22,23);8,23H,4-6H2,1-3H3,(H,18,20);7-8H,4-6H2,1-3H3,(H2,16,21,22);5-6H,3-4H2,1-2H3,(H,15,18)(H2,16,20,21);3,5H,4H2,1-2H3,(H2,17,23,24)(H,18,20,22);3,18H,13H2,1-2H3. The van der Waals surface area contributed by atoms with Crippen LogP contribution in [0.3, 0.4) is 0 Å². The monoisotopic (exact) mass is 2070 g/mol. The summed E-state index contributed by atoms with van der Waals surface area (Å²) >= 11 is 0. The van der Waals surface area contributed by atoms with Gasteiger partial charge in [-0.1, -0.05) is 65.7 Å². The van der Waals surface area contributed by atoms with E-state index in [4.69, 9.17) is 53.3 Å². The topological polar surface area (TPSA) is 855 Å². The number of nitriles is 2. The van der Waals surface area contributed by atoms with E-state index in [2.05, 4.69) is 122 Å². The molecule has 0 unspecified atom stereocenters. The number of rotatable bonds is 31. The van der Waals surface area contributed by atoms with Crippen molar-refractivity contribution in [3.05, 3.63) is 196 Å². The van der Waals surface area contributed by atoms with Crippen molar-refractivity contribution in [3.8, 4) is 47.4 Å². The van der Waals surface area contributed by atoms with Crippen molar-refractivity contribution in [2.75, 3.05) is 59.2 Å². The minimum atomic E-state index is -4.76. The summed E-state index contributed by atoms with van der Waals surface area (Å²) in [6, 6.07) is 12.2. The molecule has 784 valence electrons. The number of pyridine rings is 6. The molecular formula is C86H97F3N32O27. The van der Waals surface area contributed by atoms with Gasteiger partial charge in [0.15, 0.2) is 51.6 Å². The van der Waals surface area contributed by atoms with Crippen LogP contribution in [0.4, 0.5) is 82.3 Å². The molecular weight excluding hydrogens is 1970 g/mol. The van der Waals surface area contributed by atoms with Gasteiger partial charge in [0.05, 0.1) is 87.4 Å². The number of halogens is 3. The molecule has 0 aliphatic rings. The number of azo groups is 6. The number of nitrogen functional groups attached to an aromatic ring is 1. The van der Waals surface area contributed by atoms with E-state index in [1.165, 1.54) is 39.4 Å². The lowest BCUT2D eigenvalue weighted by Gasteiger charge is -2.12. The molecule has 12 aromatic rings.